The number of hydrogen-bond donors (Lipinski definition) is 1. The molecule has 0 radical (unpaired) electrons. The van der Waals surface area contributed by atoms with Gasteiger partial charge in [0.2, 0.25) is 0 Å². The van der Waals surface area contributed by atoms with Crippen LogP contribution in [0.5, 0.6) is 0 Å². The van der Waals surface area contributed by atoms with Gasteiger partial charge in [0.15, 0.2) is 0 Å². The summed E-state index contributed by atoms with van der Waals surface area (Å²) in [4.78, 5) is 0. The zero-order valence-corrected chi connectivity index (χ0v) is 12.0. The molecule has 0 spiro atoms. The van der Waals surface area contributed by atoms with E-state index in [0.717, 1.165) is 12.5 Å². The lowest BCUT2D eigenvalue weighted by Crippen LogP contribution is -2.27. The van der Waals surface area contributed by atoms with E-state index < -0.39 is 0 Å². The summed E-state index contributed by atoms with van der Waals surface area (Å²) in [6.07, 6.45) is 5.61. The van der Waals surface area contributed by atoms with Crippen molar-refractivity contribution in [3.8, 4) is 0 Å². The highest BCUT2D eigenvalue weighted by Crippen LogP contribution is 2.37. The van der Waals surface area contributed by atoms with Crippen LogP contribution in [0, 0.1) is 9.49 Å². The first-order valence-corrected chi connectivity index (χ1v) is 7.38. The maximum Gasteiger partial charge on any atom is 0.0359 e. The highest BCUT2D eigenvalue weighted by atomic mass is 127. The molecule has 1 aliphatic rings. The van der Waals surface area contributed by atoms with E-state index in [-0.39, 0.29) is 0 Å². The fourth-order valence-corrected chi connectivity index (χ4v) is 3.49. The Morgan fingerprint density at radius 2 is 2.00 bits per heavy atom. The van der Waals surface area contributed by atoms with Gasteiger partial charge in [0.1, 0.15) is 0 Å². The van der Waals surface area contributed by atoms with E-state index in [2.05, 4.69) is 59.1 Å². The van der Waals surface area contributed by atoms with Crippen LogP contribution in [0.3, 0.4) is 0 Å². The molecule has 1 fully saturated rings. The summed E-state index contributed by atoms with van der Waals surface area (Å²) >= 11 is 2.46. The van der Waals surface area contributed by atoms with Gasteiger partial charge in [-0.15, -0.1) is 0 Å². The van der Waals surface area contributed by atoms with Gasteiger partial charge >= 0.3 is 0 Å². The molecule has 0 aliphatic heterocycles. The molecule has 88 valence electrons. The second-order valence-corrected chi connectivity index (χ2v) is 5.76. The number of hydrogen-bond acceptors (Lipinski definition) is 1. The molecule has 1 unspecified atom stereocenters. The van der Waals surface area contributed by atoms with E-state index in [1.807, 2.05) is 0 Å². The predicted molar refractivity (Wildman–Crippen MR) is 77.5 cm³/mol. The Labute approximate surface area is 112 Å². The molecule has 2 rings (SSSR count). The summed E-state index contributed by atoms with van der Waals surface area (Å²) in [5, 5.41) is 3.68. The van der Waals surface area contributed by atoms with Crippen molar-refractivity contribution in [2.24, 2.45) is 5.92 Å². The van der Waals surface area contributed by atoms with Crippen LogP contribution in [0.15, 0.2) is 24.3 Å². The Balaban J connectivity index is 2.21. The van der Waals surface area contributed by atoms with E-state index in [4.69, 9.17) is 0 Å². The lowest BCUT2D eigenvalue weighted by Gasteiger charge is -2.25. The molecule has 0 heterocycles. The van der Waals surface area contributed by atoms with Crippen molar-refractivity contribution in [2.45, 2.75) is 38.6 Å². The molecule has 0 saturated heterocycles. The molecule has 2 heteroatoms. The van der Waals surface area contributed by atoms with Crippen molar-refractivity contribution in [3.05, 3.63) is 33.4 Å². The minimum absolute atomic E-state index is 0.570. The predicted octanol–water partition coefficient (Wildman–Crippen LogP) is 4.13. The second kappa shape index (κ2) is 6.01. The zero-order chi connectivity index (χ0) is 11.4. The molecule has 16 heavy (non-hydrogen) atoms. The summed E-state index contributed by atoms with van der Waals surface area (Å²) in [5.74, 6) is 0.843. The topological polar surface area (TPSA) is 12.0 Å². The second-order valence-electron chi connectivity index (χ2n) is 4.60. The average molecular weight is 329 g/mol. The Morgan fingerprint density at radius 3 is 2.62 bits per heavy atom. The molecule has 1 aromatic carbocycles. The molecule has 0 bridgehead atoms. The van der Waals surface area contributed by atoms with Crippen LogP contribution in [0.25, 0.3) is 0 Å². The highest BCUT2D eigenvalue weighted by molar-refractivity contribution is 14.1. The largest absolute Gasteiger partial charge is 0.310 e. The first-order valence-electron chi connectivity index (χ1n) is 6.30. The van der Waals surface area contributed by atoms with Gasteiger partial charge in [0, 0.05) is 9.61 Å². The molecule has 1 aromatic rings. The minimum Gasteiger partial charge on any atom is -0.310 e. The van der Waals surface area contributed by atoms with Gasteiger partial charge in [-0.3, -0.25) is 0 Å². The molecular weight excluding hydrogens is 309 g/mol. The molecule has 0 amide bonds. The van der Waals surface area contributed by atoms with Gasteiger partial charge in [0.05, 0.1) is 0 Å². The molecular formula is C14H20IN. The zero-order valence-electron chi connectivity index (χ0n) is 9.88. The van der Waals surface area contributed by atoms with Gasteiger partial charge in [-0.05, 0) is 59.5 Å². The molecule has 1 N–H and O–H groups in total. The Hall–Kier alpha value is -0.0900. The summed E-state index contributed by atoms with van der Waals surface area (Å²) in [6, 6.07) is 9.36. The van der Waals surface area contributed by atoms with Gasteiger partial charge in [0.25, 0.3) is 0 Å². The van der Waals surface area contributed by atoms with Gasteiger partial charge in [-0.2, -0.15) is 0 Å². The lowest BCUT2D eigenvalue weighted by atomic mass is 9.91. The standard InChI is InChI=1S/C14H20IN/c1-2-16-14(11-7-3-4-8-11)12-9-5-6-10-13(12)15/h5-6,9-11,14,16H,2-4,7-8H2,1H3. The first-order chi connectivity index (χ1) is 7.83. The Bertz CT molecular complexity index is 331. The molecule has 0 aromatic heterocycles. The van der Waals surface area contributed by atoms with Crippen LogP contribution in [0.2, 0.25) is 0 Å². The molecule has 1 atom stereocenters. The Morgan fingerprint density at radius 1 is 1.31 bits per heavy atom. The van der Waals surface area contributed by atoms with E-state index >= 15 is 0 Å². The molecule has 1 aliphatic carbocycles. The van der Waals surface area contributed by atoms with Crippen molar-refractivity contribution in [1.29, 1.82) is 0 Å². The van der Waals surface area contributed by atoms with Gasteiger partial charge in [-0.25, -0.2) is 0 Å². The van der Waals surface area contributed by atoms with E-state index in [0.29, 0.717) is 6.04 Å². The van der Waals surface area contributed by atoms with Crippen LogP contribution in [-0.4, -0.2) is 6.54 Å². The van der Waals surface area contributed by atoms with Crippen LogP contribution in [0.4, 0.5) is 0 Å². The number of nitrogens with one attached hydrogen (secondary N) is 1. The quantitative estimate of drug-likeness (QED) is 0.819. The van der Waals surface area contributed by atoms with Crippen molar-refractivity contribution in [2.75, 3.05) is 6.54 Å². The summed E-state index contributed by atoms with van der Waals surface area (Å²) in [5.41, 5.74) is 1.50. The highest BCUT2D eigenvalue weighted by Gasteiger charge is 2.26. The van der Waals surface area contributed by atoms with Crippen LogP contribution >= 0.6 is 22.6 Å². The monoisotopic (exact) mass is 329 g/mol. The SMILES string of the molecule is CCNC(c1ccccc1I)C1CCCC1. The summed E-state index contributed by atoms with van der Waals surface area (Å²) < 4.78 is 1.40. The van der Waals surface area contributed by atoms with Gasteiger partial charge in [-0.1, -0.05) is 38.0 Å². The minimum atomic E-state index is 0.570. The van der Waals surface area contributed by atoms with Crippen molar-refractivity contribution in [1.82, 2.24) is 5.32 Å². The summed E-state index contributed by atoms with van der Waals surface area (Å²) in [7, 11) is 0. The van der Waals surface area contributed by atoms with E-state index in [9.17, 15) is 0 Å². The third-order valence-electron chi connectivity index (χ3n) is 3.54. The molecule has 1 nitrogen and oxygen atoms in total. The smallest absolute Gasteiger partial charge is 0.0359 e. The lowest BCUT2D eigenvalue weighted by molar-refractivity contribution is 0.373. The third kappa shape index (κ3) is 2.77. The van der Waals surface area contributed by atoms with E-state index in [1.165, 1.54) is 34.8 Å². The average Bonchev–Trinajstić information content (AvgIpc) is 2.80. The number of rotatable bonds is 4. The van der Waals surface area contributed by atoms with Crippen molar-refractivity contribution < 1.29 is 0 Å². The molecule has 1 saturated carbocycles. The summed E-state index contributed by atoms with van der Waals surface area (Å²) in [6.45, 7) is 3.27. The Kier molecular flexibility index (Phi) is 4.65. The van der Waals surface area contributed by atoms with E-state index in [1.54, 1.807) is 0 Å². The fourth-order valence-electron chi connectivity index (χ4n) is 2.77. The first kappa shape index (κ1) is 12.4. The van der Waals surface area contributed by atoms with Gasteiger partial charge < -0.3 is 5.32 Å². The maximum absolute atomic E-state index is 3.68. The number of halogens is 1. The number of benzene rings is 1. The van der Waals surface area contributed by atoms with Crippen molar-refractivity contribution >= 4 is 22.6 Å². The normalized spacial score (nSPS) is 18.9. The third-order valence-corrected chi connectivity index (χ3v) is 4.52. The van der Waals surface area contributed by atoms with Crippen LogP contribution in [-0.2, 0) is 0 Å². The maximum atomic E-state index is 3.68. The fraction of sp³-hybridized carbons (Fsp3) is 0.571. The van der Waals surface area contributed by atoms with Crippen LogP contribution in [0.1, 0.15) is 44.2 Å². The van der Waals surface area contributed by atoms with Crippen LogP contribution < -0.4 is 5.32 Å². The van der Waals surface area contributed by atoms with Crippen molar-refractivity contribution in [3.63, 3.8) is 0 Å².